The number of rotatable bonds is 9. The average molecular weight is 521 g/mol. The number of aliphatic imine (C=N–C) groups is 1. The number of halogens is 4. The van der Waals surface area contributed by atoms with Crippen molar-refractivity contribution in [2.24, 2.45) is 4.99 Å². The number of benzene rings is 2. The van der Waals surface area contributed by atoms with Crippen LogP contribution in [0, 0.1) is 0 Å². The fourth-order valence-corrected chi connectivity index (χ4v) is 2.51. The fourth-order valence-electron chi connectivity index (χ4n) is 2.51. The number of hydrogen-bond donors (Lipinski definition) is 2. The van der Waals surface area contributed by atoms with Gasteiger partial charge < -0.3 is 15.4 Å². The van der Waals surface area contributed by atoms with Crippen molar-refractivity contribution >= 4 is 29.9 Å². The van der Waals surface area contributed by atoms with Crippen LogP contribution in [-0.2, 0) is 24.5 Å². The van der Waals surface area contributed by atoms with Gasteiger partial charge in [-0.15, -0.1) is 24.0 Å². The molecule has 2 rings (SSSR count). The highest BCUT2D eigenvalue weighted by Crippen LogP contribution is 2.18. The first-order chi connectivity index (χ1) is 13.5. The number of nitrogens with one attached hydrogen (secondary N) is 2. The second-order valence-electron chi connectivity index (χ2n) is 6.29. The molecule has 0 unspecified atom stereocenters. The van der Waals surface area contributed by atoms with Crippen molar-refractivity contribution in [3.8, 4) is 0 Å². The van der Waals surface area contributed by atoms with E-state index in [4.69, 9.17) is 4.74 Å². The summed E-state index contributed by atoms with van der Waals surface area (Å²) >= 11 is 0. The highest BCUT2D eigenvalue weighted by atomic mass is 127. The standard InChI is InChI=1S/C21H26F3N3O.HI/c1-2-25-20(26-12-11-21(22,23)24)27-14-18-9-6-10-19(13-18)16-28-15-17-7-4-3-5-8-17;/h3-10,13H,2,11-12,14-16H2,1H3,(H2,25,26,27);1H. The van der Waals surface area contributed by atoms with Gasteiger partial charge >= 0.3 is 6.18 Å². The van der Waals surface area contributed by atoms with Crippen LogP contribution in [0.2, 0.25) is 0 Å². The zero-order chi connectivity index (χ0) is 20.2. The fraction of sp³-hybridized carbons (Fsp3) is 0.381. The third kappa shape index (κ3) is 11.1. The summed E-state index contributed by atoms with van der Waals surface area (Å²) in [5.74, 6) is 0.373. The summed E-state index contributed by atoms with van der Waals surface area (Å²) in [6.07, 6.45) is -5.08. The average Bonchev–Trinajstić information content (AvgIpc) is 2.66. The number of guanidine groups is 1. The molecule has 2 aromatic rings. The van der Waals surface area contributed by atoms with Gasteiger partial charge in [0.25, 0.3) is 0 Å². The van der Waals surface area contributed by atoms with Gasteiger partial charge in [-0.25, -0.2) is 4.99 Å². The number of alkyl halides is 3. The molecule has 0 saturated carbocycles. The Labute approximate surface area is 187 Å². The molecule has 0 radical (unpaired) electrons. The summed E-state index contributed by atoms with van der Waals surface area (Å²) in [5, 5.41) is 5.66. The molecule has 0 spiro atoms. The van der Waals surface area contributed by atoms with Gasteiger partial charge in [0, 0.05) is 13.1 Å². The second kappa shape index (κ2) is 13.4. The first kappa shape index (κ1) is 25.2. The molecule has 0 aliphatic heterocycles. The van der Waals surface area contributed by atoms with Gasteiger partial charge in [0.05, 0.1) is 26.2 Å². The zero-order valence-electron chi connectivity index (χ0n) is 16.3. The first-order valence-corrected chi connectivity index (χ1v) is 9.24. The van der Waals surface area contributed by atoms with E-state index in [0.717, 1.165) is 16.7 Å². The Morgan fingerprint density at radius 2 is 1.59 bits per heavy atom. The summed E-state index contributed by atoms with van der Waals surface area (Å²) in [7, 11) is 0. The Morgan fingerprint density at radius 1 is 0.931 bits per heavy atom. The predicted octanol–water partition coefficient (Wildman–Crippen LogP) is 5.03. The highest BCUT2D eigenvalue weighted by Gasteiger charge is 2.26. The molecule has 0 aliphatic rings. The van der Waals surface area contributed by atoms with Crippen molar-refractivity contribution in [2.45, 2.75) is 39.3 Å². The van der Waals surface area contributed by atoms with Crippen LogP contribution in [0.1, 0.15) is 30.0 Å². The lowest BCUT2D eigenvalue weighted by Crippen LogP contribution is -2.38. The lowest BCUT2D eigenvalue weighted by atomic mass is 10.1. The van der Waals surface area contributed by atoms with Crippen LogP contribution in [0.25, 0.3) is 0 Å². The van der Waals surface area contributed by atoms with Crippen molar-refractivity contribution in [1.29, 1.82) is 0 Å². The molecule has 8 heteroatoms. The van der Waals surface area contributed by atoms with Crippen molar-refractivity contribution in [3.63, 3.8) is 0 Å². The predicted molar refractivity (Wildman–Crippen MR) is 120 cm³/mol. The zero-order valence-corrected chi connectivity index (χ0v) is 18.7. The van der Waals surface area contributed by atoms with Crippen LogP contribution < -0.4 is 10.6 Å². The number of nitrogens with zero attached hydrogens (tertiary/aromatic N) is 1. The maximum Gasteiger partial charge on any atom is 0.390 e. The Hall–Kier alpha value is -1.81. The summed E-state index contributed by atoms with van der Waals surface area (Å²) < 4.78 is 42.6. The minimum atomic E-state index is -4.18. The third-order valence-electron chi connectivity index (χ3n) is 3.84. The molecule has 160 valence electrons. The van der Waals surface area contributed by atoms with Crippen LogP contribution >= 0.6 is 24.0 Å². The quantitative estimate of drug-likeness (QED) is 0.277. The molecule has 0 bridgehead atoms. The SMILES string of the molecule is CCNC(=NCc1cccc(COCc2ccccc2)c1)NCCC(F)(F)F.I. The topological polar surface area (TPSA) is 45.7 Å². The smallest absolute Gasteiger partial charge is 0.372 e. The number of ether oxygens (including phenoxy) is 1. The minimum Gasteiger partial charge on any atom is -0.372 e. The van der Waals surface area contributed by atoms with Gasteiger partial charge in [0.2, 0.25) is 0 Å². The van der Waals surface area contributed by atoms with E-state index in [-0.39, 0.29) is 30.5 Å². The van der Waals surface area contributed by atoms with E-state index in [1.54, 1.807) is 0 Å². The molecule has 29 heavy (non-hydrogen) atoms. The van der Waals surface area contributed by atoms with Gasteiger partial charge in [-0.3, -0.25) is 0 Å². The summed E-state index contributed by atoms with van der Waals surface area (Å²) in [4.78, 5) is 4.36. The maximum absolute atomic E-state index is 12.3. The molecule has 0 aromatic heterocycles. The Kier molecular flexibility index (Phi) is 11.7. The molecule has 4 nitrogen and oxygen atoms in total. The van der Waals surface area contributed by atoms with E-state index >= 15 is 0 Å². The largest absolute Gasteiger partial charge is 0.390 e. The third-order valence-corrected chi connectivity index (χ3v) is 3.84. The molecule has 0 atom stereocenters. The molecule has 0 saturated heterocycles. The van der Waals surface area contributed by atoms with Crippen LogP contribution in [-0.4, -0.2) is 25.2 Å². The van der Waals surface area contributed by atoms with E-state index in [9.17, 15) is 13.2 Å². The normalized spacial score (nSPS) is 11.7. The molecule has 0 amide bonds. The Balaban J connectivity index is 0.00000420. The van der Waals surface area contributed by atoms with Crippen molar-refractivity contribution < 1.29 is 17.9 Å². The van der Waals surface area contributed by atoms with Crippen LogP contribution in [0.15, 0.2) is 59.6 Å². The monoisotopic (exact) mass is 521 g/mol. The van der Waals surface area contributed by atoms with E-state index in [0.29, 0.717) is 32.3 Å². The molecule has 0 aliphatic carbocycles. The lowest BCUT2D eigenvalue weighted by Gasteiger charge is -2.12. The molecule has 2 N–H and O–H groups in total. The van der Waals surface area contributed by atoms with Crippen molar-refractivity contribution in [3.05, 3.63) is 71.3 Å². The van der Waals surface area contributed by atoms with Gasteiger partial charge in [0.1, 0.15) is 0 Å². The Morgan fingerprint density at radius 3 is 2.28 bits per heavy atom. The van der Waals surface area contributed by atoms with Crippen LogP contribution in [0.5, 0.6) is 0 Å². The molecule has 0 fully saturated rings. The van der Waals surface area contributed by atoms with E-state index in [2.05, 4.69) is 15.6 Å². The molecule has 0 heterocycles. The molecule has 2 aromatic carbocycles. The summed E-state index contributed by atoms with van der Waals surface area (Å²) in [6.45, 7) is 3.63. The van der Waals surface area contributed by atoms with Crippen LogP contribution in [0.4, 0.5) is 13.2 Å². The van der Waals surface area contributed by atoms with Gasteiger partial charge in [-0.05, 0) is 23.6 Å². The van der Waals surface area contributed by atoms with Gasteiger partial charge in [0.15, 0.2) is 5.96 Å². The lowest BCUT2D eigenvalue weighted by molar-refractivity contribution is -0.132. The number of hydrogen-bond acceptors (Lipinski definition) is 2. The second-order valence-corrected chi connectivity index (χ2v) is 6.29. The first-order valence-electron chi connectivity index (χ1n) is 9.24. The van der Waals surface area contributed by atoms with E-state index < -0.39 is 12.6 Å². The maximum atomic E-state index is 12.3. The van der Waals surface area contributed by atoms with Gasteiger partial charge in [-0.1, -0.05) is 54.6 Å². The highest BCUT2D eigenvalue weighted by molar-refractivity contribution is 14.0. The van der Waals surface area contributed by atoms with Crippen molar-refractivity contribution in [1.82, 2.24) is 10.6 Å². The van der Waals surface area contributed by atoms with E-state index in [1.165, 1.54) is 0 Å². The van der Waals surface area contributed by atoms with Gasteiger partial charge in [-0.2, -0.15) is 13.2 Å². The Bertz CT molecular complexity index is 739. The van der Waals surface area contributed by atoms with E-state index in [1.807, 2.05) is 61.5 Å². The summed E-state index contributed by atoms with van der Waals surface area (Å²) in [6, 6.07) is 17.8. The minimum absolute atomic E-state index is 0. The summed E-state index contributed by atoms with van der Waals surface area (Å²) in [5.41, 5.74) is 3.11. The van der Waals surface area contributed by atoms with Crippen molar-refractivity contribution in [2.75, 3.05) is 13.1 Å². The molecular formula is C21H27F3IN3O. The molecular weight excluding hydrogens is 494 g/mol. The van der Waals surface area contributed by atoms with Crippen LogP contribution in [0.3, 0.4) is 0 Å².